The number of likely N-dealkylation sites (tertiary alicyclic amines) is 1. The molecular formula is C16H33N3O. The van der Waals surface area contributed by atoms with Crippen molar-refractivity contribution in [1.82, 2.24) is 9.80 Å². The van der Waals surface area contributed by atoms with E-state index in [-0.39, 0.29) is 17.2 Å². The third-order valence-electron chi connectivity index (χ3n) is 5.36. The van der Waals surface area contributed by atoms with Crippen LogP contribution in [0.5, 0.6) is 0 Å². The first-order chi connectivity index (χ1) is 9.13. The van der Waals surface area contributed by atoms with Crippen LogP contribution >= 0.6 is 0 Å². The van der Waals surface area contributed by atoms with Crippen molar-refractivity contribution in [2.45, 2.75) is 63.8 Å². The number of nitrogens with zero attached hydrogens (tertiary/aromatic N) is 2. The molecule has 0 aliphatic carbocycles. The molecule has 0 amide bonds. The lowest BCUT2D eigenvalue weighted by Gasteiger charge is -2.33. The standard InChI is InChI=1S/C16H33N3O/c1-15(2)13(14(17)16(3,4)20-15)11-18(5)10-12-8-7-9-19(12)6/h12-14H,7-11,17H2,1-6H3. The number of hydrogen-bond donors (Lipinski definition) is 1. The molecule has 0 saturated carbocycles. The van der Waals surface area contributed by atoms with E-state index in [2.05, 4.69) is 51.6 Å². The van der Waals surface area contributed by atoms with Crippen molar-refractivity contribution in [3.05, 3.63) is 0 Å². The van der Waals surface area contributed by atoms with Crippen molar-refractivity contribution in [1.29, 1.82) is 0 Å². The lowest BCUT2D eigenvalue weighted by atomic mass is 9.83. The van der Waals surface area contributed by atoms with E-state index in [1.54, 1.807) is 0 Å². The maximum absolute atomic E-state index is 6.45. The monoisotopic (exact) mass is 283 g/mol. The van der Waals surface area contributed by atoms with Crippen molar-refractivity contribution in [3.8, 4) is 0 Å². The minimum absolute atomic E-state index is 0.0984. The van der Waals surface area contributed by atoms with Gasteiger partial charge in [0.15, 0.2) is 0 Å². The van der Waals surface area contributed by atoms with Crippen LogP contribution < -0.4 is 5.73 Å². The van der Waals surface area contributed by atoms with Crippen LogP contribution in [0, 0.1) is 5.92 Å². The van der Waals surface area contributed by atoms with Gasteiger partial charge in [0.05, 0.1) is 11.2 Å². The number of likely N-dealkylation sites (N-methyl/N-ethyl adjacent to an activating group) is 2. The summed E-state index contributed by atoms with van der Waals surface area (Å²) in [4.78, 5) is 4.93. The van der Waals surface area contributed by atoms with E-state index >= 15 is 0 Å². The van der Waals surface area contributed by atoms with Crippen LogP contribution in [0.3, 0.4) is 0 Å². The third-order valence-corrected chi connectivity index (χ3v) is 5.36. The summed E-state index contributed by atoms with van der Waals surface area (Å²) < 4.78 is 6.19. The van der Waals surface area contributed by atoms with Crippen LogP contribution in [-0.4, -0.2) is 66.8 Å². The third kappa shape index (κ3) is 3.19. The summed E-state index contributed by atoms with van der Waals surface area (Å²) in [5.74, 6) is 0.384. The Morgan fingerprint density at radius 1 is 1.20 bits per heavy atom. The first-order valence-electron chi connectivity index (χ1n) is 7.98. The predicted molar refractivity (Wildman–Crippen MR) is 83.9 cm³/mol. The second-order valence-corrected chi connectivity index (χ2v) is 7.94. The van der Waals surface area contributed by atoms with Gasteiger partial charge in [-0.05, 0) is 61.2 Å². The van der Waals surface area contributed by atoms with Gasteiger partial charge in [0.25, 0.3) is 0 Å². The normalized spacial score (nSPS) is 36.9. The zero-order chi connectivity index (χ0) is 15.1. The molecule has 0 radical (unpaired) electrons. The van der Waals surface area contributed by atoms with Crippen LogP contribution in [0.25, 0.3) is 0 Å². The van der Waals surface area contributed by atoms with E-state index < -0.39 is 0 Å². The summed E-state index contributed by atoms with van der Waals surface area (Å²) in [6.45, 7) is 12.0. The lowest BCUT2D eigenvalue weighted by Crippen LogP contribution is -2.49. The molecule has 20 heavy (non-hydrogen) atoms. The molecular weight excluding hydrogens is 250 g/mol. The molecule has 118 valence electrons. The molecule has 2 heterocycles. The quantitative estimate of drug-likeness (QED) is 0.850. The second kappa shape index (κ2) is 5.56. The molecule has 2 fully saturated rings. The summed E-state index contributed by atoms with van der Waals surface area (Å²) in [6.07, 6.45) is 2.66. The van der Waals surface area contributed by atoms with Crippen molar-refractivity contribution >= 4 is 0 Å². The molecule has 0 aromatic rings. The zero-order valence-electron chi connectivity index (χ0n) is 14.1. The van der Waals surface area contributed by atoms with Crippen LogP contribution in [0.1, 0.15) is 40.5 Å². The van der Waals surface area contributed by atoms with Gasteiger partial charge in [0.2, 0.25) is 0 Å². The molecule has 0 aromatic carbocycles. The Kier molecular flexibility index (Phi) is 4.51. The summed E-state index contributed by atoms with van der Waals surface area (Å²) in [5, 5.41) is 0. The van der Waals surface area contributed by atoms with E-state index in [1.165, 1.54) is 19.4 Å². The topological polar surface area (TPSA) is 41.7 Å². The molecule has 2 rings (SSSR count). The highest BCUT2D eigenvalue weighted by Gasteiger charge is 2.52. The minimum atomic E-state index is -0.223. The maximum atomic E-state index is 6.45. The SMILES string of the molecule is CN(CC1CCCN1C)CC1C(N)C(C)(C)OC1(C)C. The summed E-state index contributed by atoms with van der Waals surface area (Å²) in [6, 6.07) is 0.802. The molecule has 4 heteroatoms. The van der Waals surface area contributed by atoms with Gasteiger partial charge in [-0.25, -0.2) is 0 Å². The van der Waals surface area contributed by atoms with Crippen molar-refractivity contribution in [2.24, 2.45) is 11.7 Å². The molecule has 4 nitrogen and oxygen atoms in total. The van der Waals surface area contributed by atoms with Crippen molar-refractivity contribution in [2.75, 3.05) is 33.7 Å². The van der Waals surface area contributed by atoms with Crippen molar-refractivity contribution < 1.29 is 4.74 Å². The highest BCUT2D eigenvalue weighted by atomic mass is 16.5. The molecule has 0 bridgehead atoms. The van der Waals surface area contributed by atoms with E-state index in [1.807, 2.05) is 0 Å². The van der Waals surface area contributed by atoms with Gasteiger partial charge < -0.3 is 20.3 Å². The van der Waals surface area contributed by atoms with Crippen LogP contribution in [0.2, 0.25) is 0 Å². The molecule has 2 aliphatic heterocycles. The summed E-state index contributed by atoms with van der Waals surface area (Å²) in [5.41, 5.74) is 6.09. The van der Waals surface area contributed by atoms with Crippen LogP contribution in [0.15, 0.2) is 0 Å². The molecule has 2 aliphatic rings. The molecule has 2 saturated heterocycles. The second-order valence-electron chi connectivity index (χ2n) is 7.94. The van der Waals surface area contributed by atoms with E-state index in [4.69, 9.17) is 10.5 Å². The Hall–Kier alpha value is -0.160. The van der Waals surface area contributed by atoms with Gasteiger partial charge in [-0.3, -0.25) is 0 Å². The highest BCUT2D eigenvalue weighted by Crippen LogP contribution is 2.41. The van der Waals surface area contributed by atoms with Crippen LogP contribution in [-0.2, 0) is 4.74 Å². The van der Waals surface area contributed by atoms with Crippen molar-refractivity contribution in [3.63, 3.8) is 0 Å². The largest absolute Gasteiger partial charge is 0.368 e. The Morgan fingerprint density at radius 2 is 1.85 bits per heavy atom. The first-order valence-corrected chi connectivity index (χ1v) is 7.98. The zero-order valence-corrected chi connectivity index (χ0v) is 14.1. The highest BCUT2D eigenvalue weighted by molar-refractivity contribution is 5.04. The number of nitrogens with two attached hydrogens (primary N) is 1. The van der Waals surface area contributed by atoms with E-state index in [0.29, 0.717) is 12.0 Å². The van der Waals surface area contributed by atoms with Gasteiger partial charge in [-0.15, -0.1) is 0 Å². The molecule has 0 aromatic heterocycles. The Bertz CT molecular complexity index is 343. The minimum Gasteiger partial charge on any atom is -0.368 e. The van der Waals surface area contributed by atoms with Gasteiger partial charge >= 0.3 is 0 Å². The summed E-state index contributed by atoms with van der Waals surface area (Å²) >= 11 is 0. The number of ether oxygens (including phenoxy) is 1. The molecule has 0 spiro atoms. The van der Waals surface area contributed by atoms with Gasteiger partial charge in [0.1, 0.15) is 0 Å². The Balaban J connectivity index is 1.94. The fourth-order valence-corrected chi connectivity index (χ4v) is 4.05. The number of rotatable bonds is 4. The molecule has 3 atom stereocenters. The van der Waals surface area contributed by atoms with Gasteiger partial charge in [-0.1, -0.05) is 0 Å². The fraction of sp³-hybridized carbons (Fsp3) is 1.00. The fourth-order valence-electron chi connectivity index (χ4n) is 4.05. The van der Waals surface area contributed by atoms with Gasteiger partial charge in [-0.2, -0.15) is 0 Å². The van der Waals surface area contributed by atoms with E-state index in [0.717, 1.165) is 13.1 Å². The average Bonchev–Trinajstić information content (AvgIpc) is 2.74. The first kappa shape index (κ1) is 16.2. The van der Waals surface area contributed by atoms with E-state index in [9.17, 15) is 0 Å². The Morgan fingerprint density at radius 3 is 2.30 bits per heavy atom. The molecule has 3 unspecified atom stereocenters. The number of hydrogen-bond acceptors (Lipinski definition) is 4. The average molecular weight is 283 g/mol. The maximum Gasteiger partial charge on any atom is 0.0788 e. The van der Waals surface area contributed by atoms with Gasteiger partial charge in [0, 0.05) is 31.1 Å². The smallest absolute Gasteiger partial charge is 0.0788 e. The summed E-state index contributed by atoms with van der Waals surface area (Å²) in [7, 11) is 4.46. The Labute approximate surface area is 124 Å². The lowest BCUT2D eigenvalue weighted by molar-refractivity contribution is -0.0782. The predicted octanol–water partition coefficient (Wildman–Crippen LogP) is 1.54. The van der Waals surface area contributed by atoms with Crippen LogP contribution in [0.4, 0.5) is 0 Å². The molecule has 2 N–H and O–H groups in total.